The fourth-order valence-corrected chi connectivity index (χ4v) is 3.24. The van der Waals surface area contributed by atoms with Crippen molar-refractivity contribution in [3.8, 4) is 5.75 Å². The summed E-state index contributed by atoms with van der Waals surface area (Å²) < 4.78 is 16.5. The van der Waals surface area contributed by atoms with Crippen LogP contribution in [0.5, 0.6) is 5.75 Å². The Bertz CT molecular complexity index is 653. The molecule has 1 aromatic rings. The van der Waals surface area contributed by atoms with E-state index in [2.05, 4.69) is 5.32 Å². The van der Waals surface area contributed by atoms with Crippen molar-refractivity contribution in [1.29, 1.82) is 0 Å². The fourth-order valence-electron chi connectivity index (χ4n) is 3.24. The molecule has 1 saturated heterocycles. The average Bonchev–Trinajstić information content (AvgIpc) is 3.53. The van der Waals surface area contributed by atoms with E-state index in [9.17, 15) is 9.59 Å². The van der Waals surface area contributed by atoms with Gasteiger partial charge in [-0.3, -0.25) is 9.59 Å². The van der Waals surface area contributed by atoms with Gasteiger partial charge < -0.3 is 24.4 Å². The van der Waals surface area contributed by atoms with Gasteiger partial charge in [-0.25, -0.2) is 0 Å². The van der Waals surface area contributed by atoms with E-state index < -0.39 is 5.60 Å². The van der Waals surface area contributed by atoms with Crippen molar-refractivity contribution in [2.24, 2.45) is 5.92 Å². The van der Waals surface area contributed by atoms with Gasteiger partial charge in [-0.05, 0) is 56.9 Å². The maximum absolute atomic E-state index is 12.7. The molecule has 1 saturated carbocycles. The number of hydrogen-bond acceptors (Lipinski definition) is 5. The third kappa shape index (κ3) is 4.99. The number of amides is 2. The molecule has 3 rings (SSSR count). The topological polar surface area (TPSA) is 77.1 Å². The smallest absolute Gasteiger partial charge is 0.260 e. The van der Waals surface area contributed by atoms with Crippen molar-refractivity contribution in [3.63, 3.8) is 0 Å². The quantitative estimate of drug-likeness (QED) is 0.752. The Kier molecular flexibility index (Phi) is 6.34. The zero-order chi connectivity index (χ0) is 19.3. The van der Waals surface area contributed by atoms with E-state index in [1.54, 1.807) is 29.2 Å². The summed E-state index contributed by atoms with van der Waals surface area (Å²) in [6, 6.07) is 7.03. The molecule has 0 unspecified atom stereocenters. The van der Waals surface area contributed by atoms with Crippen molar-refractivity contribution < 1.29 is 23.8 Å². The van der Waals surface area contributed by atoms with Gasteiger partial charge in [0.15, 0.2) is 6.61 Å². The van der Waals surface area contributed by atoms with E-state index in [0.717, 1.165) is 12.8 Å². The van der Waals surface area contributed by atoms with Gasteiger partial charge in [0, 0.05) is 25.4 Å². The maximum atomic E-state index is 12.7. The molecule has 0 radical (unpaired) electrons. The third-order valence-corrected chi connectivity index (χ3v) is 5.09. The average molecular weight is 376 g/mol. The lowest BCUT2D eigenvalue weighted by molar-refractivity contribution is -0.141. The maximum Gasteiger partial charge on any atom is 0.260 e. The summed E-state index contributed by atoms with van der Waals surface area (Å²) in [6.07, 6.45) is 2.04. The molecule has 0 aromatic heterocycles. The minimum atomic E-state index is -0.783. The molecular formula is C20H28N2O5. The van der Waals surface area contributed by atoms with Crippen LogP contribution in [-0.2, 0) is 19.1 Å². The highest BCUT2D eigenvalue weighted by atomic mass is 16.5. The van der Waals surface area contributed by atoms with Crippen LogP contribution in [0.3, 0.4) is 0 Å². The minimum absolute atomic E-state index is 0.00417. The SMILES string of the molecule is CCO[C@@](C)(C(=O)Nc1ccc(OCC(=O)N2CCOCC2)cc1)C1CC1. The number of ether oxygens (including phenoxy) is 3. The normalized spacial score (nSPS) is 19.3. The van der Waals surface area contributed by atoms with Crippen LogP contribution in [0.15, 0.2) is 24.3 Å². The highest BCUT2D eigenvalue weighted by Gasteiger charge is 2.48. The number of benzene rings is 1. The molecule has 1 aromatic carbocycles. The summed E-state index contributed by atoms with van der Waals surface area (Å²) in [7, 11) is 0. The number of nitrogens with one attached hydrogen (secondary N) is 1. The molecule has 1 atom stereocenters. The lowest BCUT2D eigenvalue weighted by atomic mass is 9.99. The van der Waals surface area contributed by atoms with Gasteiger partial charge in [0.1, 0.15) is 11.4 Å². The van der Waals surface area contributed by atoms with Crippen molar-refractivity contribution in [1.82, 2.24) is 4.90 Å². The predicted octanol–water partition coefficient (Wildman–Crippen LogP) is 2.07. The van der Waals surface area contributed by atoms with Gasteiger partial charge in [-0.1, -0.05) is 0 Å². The number of rotatable bonds is 8. The molecule has 1 aliphatic carbocycles. The minimum Gasteiger partial charge on any atom is -0.484 e. The van der Waals surface area contributed by atoms with E-state index in [0.29, 0.717) is 44.3 Å². The Hall–Kier alpha value is -2.12. The van der Waals surface area contributed by atoms with Crippen molar-refractivity contribution >= 4 is 17.5 Å². The van der Waals surface area contributed by atoms with Crippen molar-refractivity contribution in [2.45, 2.75) is 32.3 Å². The number of carbonyl (C=O) groups is 2. The molecule has 27 heavy (non-hydrogen) atoms. The number of hydrogen-bond donors (Lipinski definition) is 1. The first kappa shape index (κ1) is 19.6. The first-order valence-electron chi connectivity index (χ1n) is 9.56. The predicted molar refractivity (Wildman–Crippen MR) is 101 cm³/mol. The van der Waals surface area contributed by atoms with Crippen LogP contribution in [0.25, 0.3) is 0 Å². The molecule has 7 nitrogen and oxygen atoms in total. The lowest BCUT2D eigenvalue weighted by Crippen LogP contribution is -2.44. The van der Waals surface area contributed by atoms with Gasteiger partial charge in [0.2, 0.25) is 0 Å². The second-order valence-electron chi connectivity index (χ2n) is 7.07. The molecule has 1 heterocycles. The van der Waals surface area contributed by atoms with Gasteiger partial charge in [0.25, 0.3) is 11.8 Å². The first-order valence-corrected chi connectivity index (χ1v) is 9.56. The van der Waals surface area contributed by atoms with Gasteiger partial charge in [0.05, 0.1) is 13.2 Å². The molecular weight excluding hydrogens is 348 g/mol. The van der Waals surface area contributed by atoms with Crippen molar-refractivity contribution in [2.75, 3.05) is 44.8 Å². The number of anilines is 1. The fraction of sp³-hybridized carbons (Fsp3) is 0.600. The van der Waals surface area contributed by atoms with Gasteiger partial charge >= 0.3 is 0 Å². The Morgan fingerprint density at radius 3 is 2.48 bits per heavy atom. The van der Waals surface area contributed by atoms with E-state index in [1.807, 2.05) is 13.8 Å². The molecule has 0 spiro atoms. The molecule has 1 aliphatic heterocycles. The standard InChI is InChI=1S/C20H28N2O5/c1-3-27-20(2,15-4-5-15)19(24)21-16-6-8-17(9-7-16)26-14-18(23)22-10-12-25-13-11-22/h6-9,15H,3-5,10-14H2,1-2H3,(H,21,24)/t20-/m1/s1. The zero-order valence-electron chi connectivity index (χ0n) is 16.0. The van der Waals surface area contributed by atoms with Gasteiger partial charge in [-0.2, -0.15) is 0 Å². The Labute approximate surface area is 160 Å². The van der Waals surface area contributed by atoms with Gasteiger partial charge in [-0.15, -0.1) is 0 Å². The number of carbonyl (C=O) groups excluding carboxylic acids is 2. The van der Waals surface area contributed by atoms with E-state index in [-0.39, 0.29) is 24.3 Å². The van der Waals surface area contributed by atoms with Crippen LogP contribution in [0.1, 0.15) is 26.7 Å². The molecule has 2 fully saturated rings. The summed E-state index contributed by atoms with van der Waals surface area (Å²) in [5.74, 6) is 0.700. The number of nitrogens with zero attached hydrogens (tertiary/aromatic N) is 1. The zero-order valence-corrected chi connectivity index (χ0v) is 16.0. The van der Waals surface area contributed by atoms with E-state index in [1.165, 1.54) is 0 Å². The lowest BCUT2D eigenvalue weighted by Gasteiger charge is -2.28. The molecule has 1 N–H and O–H groups in total. The van der Waals surface area contributed by atoms with Crippen LogP contribution in [0.2, 0.25) is 0 Å². The Balaban J connectivity index is 1.51. The van der Waals surface area contributed by atoms with Crippen LogP contribution in [0, 0.1) is 5.92 Å². The summed E-state index contributed by atoms with van der Waals surface area (Å²) >= 11 is 0. The molecule has 2 amide bonds. The first-order chi connectivity index (χ1) is 13.0. The largest absolute Gasteiger partial charge is 0.484 e. The highest BCUT2D eigenvalue weighted by molar-refractivity contribution is 5.97. The monoisotopic (exact) mass is 376 g/mol. The van der Waals surface area contributed by atoms with Crippen LogP contribution in [-0.4, -0.2) is 61.8 Å². The second-order valence-corrected chi connectivity index (χ2v) is 7.07. The van der Waals surface area contributed by atoms with Crippen LogP contribution < -0.4 is 10.1 Å². The van der Waals surface area contributed by atoms with Crippen LogP contribution in [0.4, 0.5) is 5.69 Å². The molecule has 2 aliphatic rings. The summed E-state index contributed by atoms with van der Waals surface area (Å²) in [6.45, 7) is 6.61. The Morgan fingerprint density at radius 2 is 1.89 bits per heavy atom. The molecule has 7 heteroatoms. The van der Waals surface area contributed by atoms with E-state index in [4.69, 9.17) is 14.2 Å². The summed E-state index contributed by atoms with van der Waals surface area (Å²) in [5, 5.41) is 2.92. The summed E-state index contributed by atoms with van der Waals surface area (Å²) in [4.78, 5) is 26.5. The molecule has 148 valence electrons. The number of morpholine rings is 1. The van der Waals surface area contributed by atoms with E-state index >= 15 is 0 Å². The van der Waals surface area contributed by atoms with Crippen molar-refractivity contribution in [3.05, 3.63) is 24.3 Å². The Morgan fingerprint density at radius 1 is 1.22 bits per heavy atom. The summed E-state index contributed by atoms with van der Waals surface area (Å²) in [5.41, 5.74) is -0.104. The third-order valence-electron chi connectivity index (χ3n) is 5.09. The highest BCUT2D eigenvalue weighted by Crippen LogP contribution is 2.42. The second kappa shape index (κ2) is 8.71. The molecule has 0 bridgehead atoms. The van der Waals surface area contributed by atoms with Crippen LogP contribution >= 0.6 is 0 Å².